The van der Waals surface area contributed by atoms with Crippen LogP contribution in [0.15, 0.2) is 48.5 Å². The maximum atomic E-state index is 12.1. The molecule has 1 amide bonds. The van der Waals surface area contributed by atoms with Crippen LogP contribution in [-0.4, -0.2) is 25.4 Å². The summed E-state index contributed by atoms with van der Waals surface area (Å²) in [4.78, 5) is 12.1. The van der Waals surface area contributed by atoms with E-state index in [1.165, 1.54) is 19.5 Å². The molecule has 0 aliphatic carbocycles. The molecule has 5 heteroatoms. The molecule has 2 rings (SSSR count). The van der Waals surface area contributed by atoms with E-state index < -0.39 is 0 Å². The Morgan fingerprint density at radius 1 is 1.17 bits per heavy atom. The zero-order chi connectivity index (χ0) is 17.4. The molecule has 2 aromatic carbocycles. The van der Waals surface area contributed by atoms with Crippen molar-refractivity contribution >= 4 is 24.0 Å². The average molecular weight is 323 g/mol. The first-order valence-electron chi connectivity index (χ1n) is 7.71. The Kier molecular flexibility index (Phi) is 6.25. The molecule has 0 saturated carbocycles. The number of anilines is 1. The number of carbonyl (C=O) groups is 1. The number of hydrogen-bond acceptors (Lipinski definition) is 4. The Bertz CT molecular complexity index is 706. The lowest BCUT2D eigenvalue weighted by molar-refractivity contribution is -0.116. The second kappa shape index (κ2) is 8.62. The second-order valence-electron chi connectivity index (χ2n) is 5.35. The molecule has 0 bridgehead atoms. The molecule has 124 valence electrons. The number of aryl methyl sites for hydroxylation is 1. The lowest BCUT2D eigenvalue weighted by Gasteiger charge is -2.13. The first-order chi connectivity index (χ1) is 11.7. The van der Waals surface area contributed by atoms with Gasteiger partial charge in [0.1, 0.15) is 5.75 Å². The molecule has 0 unspecified atom stereocenters. The first-order valence-corrected chi connectivity index (χ1v) is 7.71. The van der Waals surface area contributed by atoms with E-state index in [2.05, 4.69) is 5.32 Å². The summed E-state index contributed by atoms with van der Waals surface area (Å²) < 4.78 is 5.32. The third-order valence-electron chi connectivity index (χ3n) is 3.73. The summed E-state index contributed by atoms with van der Waals surface area (Å²) in [7, 11) is 1.53. The van der Waals surface area contributed by atoms with E-state index in [9.17, 15) is 4.79 Å². The minimum atomic E-state index is -0.387. The van der Waals surface area contributed by atoms with E-state index in [1.54, 1.807) is 18.2 Å². The predicted octanol–water partition coefficient (Wildman–Crippen LogP) is 3.65. The van der Waals surface area contributed by atoms with Crippen LogP contribution in [0.1, 0.15) is 23.5 Å². The van der Waals surface area contributed by atoms with Gasteiger partial charge in [-0.25, -0.2) is 0 Å². The van der Waals surface area contributed by atoms with Crippen molar-refractivity contribution in [2.75, 3.05) is 12.4 Å². The second-order valence-corrected chi connectivity index (χ2v) is 5.35. The number of nitrogens with one attached hydrogen (secondary N) is 3. The highest BCUT2D eigenvalue weighted by Crippen LogP contribution is 2.28. The molecule has 0 heterocycles. The van der Waals surface area contributed by atoms with Gasteiger partial charge in [0, 0.05) is 18.9 Å². The molecular weight excluding hydrogens is 302 g/mol. The van der Waals surface area contributed by atoms with Gasteiger partial charge >= 0.3 is 0 Å². The molecule has 0 aromatic heterocycles. The Balaban J connectivity index is 2.04. The summed E-state index contributed by atoms with van der Waals surface area (Å²) in [6, 6.07) is 15.1. The largest absolute Gasteiger partial charge is 0.495 e. The van der Waals surface area contributed by atoms with Crippen LogP contribution >= 0.6 is 0 Å². The van der Waals surface area contributed by atoms with Crippen LogP contribution in [0.3, 0.4) is 0 Å². The van der Waals surface area contributed by atoms with Crippen LogP contribution in [0, 0.1) is 10.8 Å². The number of rotatable bonds is 8. The summed E-state index contributed by atoms with van der Waals surface area (Å²) in [5.41, 5.74) is 2.49. The van der Waals surface area contributed by atoms with Crippen molar-refractivity contribution in [1.82, 2.24) is 0 Å². The number of hydrogen-bond donors (Lipinski definition) is 3. The highest BCUT2D eigenvalue weighted by molar-refractivity contribution is 5.93. The summed E-state index contributed by atoms with van der Waals surface area (Å²) in [5, 5.41) is 17.5. The van der Waals surface area contributed by atoms with Crippen molar-refractivity contribution in [3.05, 3.63) is 59.7 Å². The van der Waals surface area contributed by atoms with Crippen LogP contribution in [0.25, 0.3) is 0 Å². The van der Waals surface area contributed by atoms with Gasteiger partial charge in [-0.05, 0) is 29.7 Å². The SMILES string of the molecule is COc1cc(C(C=N)C=N)ccc1NC(=O)CCc1ccccc1. The lowest BCUT2D eigenvalue weighted by atomic mass is 10.0. The van der Waals surface area contributed by atoms with Gasteiger partial charge in [0.05, 0.1) is 18.7 Å². The fraction of sp³-hybridized carbons (Fsp3) is 0.211. The molecule has 0 atom stereocenters. The van der Waals surface area contributed by atoms with Gasteiger partial charge in [0.25, 0.3) is 0 Å². The zero-order valence-corrected chi connectivity index (χ0v) is 13.6. The van der Waals surface area contributed by atoms with Crippen molar-refractivity contribution in [1.29, 1.82) is 10.8 Å². The van der Waals surface area contributed by atoms with E-state index in [1.807, 2.05) is 30.3 Å². The Morgan fingerprint density at radius 3 is 2.50 bits per heavy atom. The van der Waals surface area contributed by atoms with Crippen molar-refractivity contribution in [3.8, 4) is 5.75 Å². The quantitative estimate of drug-likeness (QED) is 0.648. The molecular formula is C19H21N3O2. The number of methoxy groups -OCH3 is 1. The van der Waals surface area contributed by atoms with Crippen LogP contribution in [0.5, 0.6) is 5.75 Å². The number of ether oxygens (including phenoxy) is 1. The van der Waals surface area contributed by atoms with Crippen LogP contribution in [0.2, 0.25) is 0 Å². The minimum Gasteiger partial charge on any atom is -0.495 e. The highest BCUT2D eigenvalue weighted by Gasteiger charge is 2.12. The van der Waals surface area contributed by atoms with Gasteiger partial charge in [-0.1, -0.05) is 36.4 Å². The van der Waals surface area contributed by atoms with E-state index >= 15 is 0 Å². The Labute approximate surface area is 141 Å². The Hall–Kier alpha value is -2.95. The highest BCUT2D eigenvalue weighted by atomic mass is 16.5. The molecule has 2 aromatic rings. The van der Waals surface area contributed by atoms with Crippen molar-refractivity contribution in [2.45, 2.75) is 18.8 Å². The molecule has 3 N–H and O–H groups in total. The topological polar surface area (TPSA) is 86.0 Å². The zero-order valence-electron chi connectivity index (χ0n) is 13.6. The standard InChI is InChI=1S/C19H21N3O2/c1-24-18-11-15(16(12-20)13-21)8-9-17(18)22-19(23)10-7-14-5-3-2-4-6-14/h2-6,8-9,11-13,16,20-21H,7,10H2,1H3,(H,22,23). The predicted molar refractivity (Wildman–Crippen MR) is 96.7 cm³/mol. The maximum Gasteiger partial charge on any atom is 0.224 e. The first kappa shape index (κ1) is 17.4. The van der Waals surface area contributed by atoms with Crippen molar-refractivity contribution in [3.63, 3.8) is 0 Å². The maximum absolute atomic E-state index is 12.1. The van der Waals surface area contributed by atoms with Crippen LogP contribution in [-0.2, 0) is 11.2 Å². The Morgan fingerprint density at radius 2 is 1.88 bits per heavy atom. The summed E-state index contributed by atoms with van der Waals surface area (Å²) in [5.74, 6) is 0.0524. The third kappa shape index (κ3) is 4.52. The smallest absolute Gasteiger partial charge is 0.224 e. The van der Waals surface area contributed by atoms with Crippen LogP contribution < -0.4 is 10.1 Å². The molecule has 0 aliphatic heterocycles. The normalized spacial score (nSPS) is 11.4. The summed E-state index contributed by atoms with van der Waals surface area (Å²) in [6.07, 6.45) is 3.45. The van der Waals surface area contributed by atoms with Gasteiger partial charge < -0.3 is 20.9 Å². The van der Waals surface area contributed by atoms with Gasteiger partial charge in [-0.2, -0.15) is 0 Å². The van der Waals surface area contributed by atoms with E-state index in [0.29, 0.717) is 24.3 Å². The number of carbonyl (C=O) groups excluding carboxylic acids is 1. The van der Waals surface area contributed by atoms with E-state index in [4.69, 9.17) is 15.6 Å². The molecule has 0 radical (unpaired) electrons. The summed E-state index contributed by atoms with van der Waals surface area (Å²) >= 11 is 0. The molecule has 0 aliphatic rings. The lowest BCUT2D eigenvalue weighted by Crippen LogP contribution is -2.13. The van der Waals surface area contributed by atoms with Gasteiger partial charge in [-0.15, -0.1) is 0 Å². The third-order valence-corrected chi connectivity index (χ3v) is 3.73. The molecule has 5 nitrogen and oxygen atoms in total. The molecule has 0 spiro atoms. The fourth-order valence-electron chi connectivity index (χ4n) is 2.37. The van der Waals surface area contributed by atoms with E-state index in [-0.39, 0.29) is 11.8 Å². The van der Waals surface area contributed by atoms with Gasteiger partial charge in [-0.3, -0.25) is 4.79 Å². The van der Waals surface area contributed by atoms with Gasteiger partial charge in [0.15, 0.2) is 0 Å². The molecule has 0 fully saturated rings. The van der Waals surface area contributed by atoms with E-state index in [0.717, 1.165) is 11.1 Å². The van der Waals surface area contributed by atoms with Crippen molar-refractivity contribution < 1.29 is 9.53 Å². The number of benzene rings is 2. The fourth-order valence-corrected chi connectivity index (χ4v) is 2.37. The number of amides is 1. The van der Waals surface area contributed by atoms with Crippen molar-refractivity contribution in [2.24, 2.45) is 0 Å². The minimum absolute atomic E-state index is 0.0828. The average Bonchev–Trinajstić information content (AvgIpc) is 2.63. The summed E-state index contributed by atoms with van der Waals surface area (Å²) in [6.45, 7) is 0. The van der Waals surface area contributed by atoms with Gasteiger partial charge in [0.2, 0.25) is 5.91 Å². The monoisotopic (exact) mass is 323 g/mol. The molecule has 24 heavy (non-hydrogen) atoms. The molecule has 0 saturated heterocycles. The van der Waals surface area contributed by atoms with Crippen LogP contribution in [0.4, 0.5) is 5.69 Å².